The fourth-order valence-electron chi connectivity index (χ4n) is 1.72. The van der Waals surface area contributed by atoms with Crippen LogP contribution in [-0.4, -0.2) is 16.3 Å². The zero-order valence-corrected chi connectivity index (χ0v) is 9.51. The van der Waals surface area contributed by atoms with Gasteiger partial charge in [-0.2, -0.15) is 0 Å². The molecule has 0 fully saturated rings. The van der Waals surface area contributed by atoms with Gasteiger partial charge in [-0.3, -0.25) is 4.79 Å². The summed E-state index contributed by atoms with van der Waals surface area (Å²) in [5.41, 5.74) is 0.309. The molecule has 1 aromatic carbocycles. The maximum atomic E-state index is 12.0. The summed E-state index contributed by atoms with van der Waals surface area (Å²) in [5.74, 6) is -0.156. The van der Waals surface area contributed by atoms with Crippen LogP contribution in [-0.2, 0) is 7.05 Å². The minimum atomic E-state index is -0.358. The molecule has 0 amide bonds. The molecule has 4 heteroatoms. The van der Waals surface area contributed by atoms with Gasteiger partial charge in [-0.15, -0.1) is 0 Å². The molecule has 2 rings (SSSR count). The lowest BCUT2D eigenvalue weighted by atomic mass is 10.2. The fraction of sp³-hybridized carbons (Fsp3) is 0.154. The van der Waals surface area contributed by atoms with Crippen LogP contribution in [0.4, 0.5) is 0 Å². The zero-order valence-electron chi connectivity index (χ0n) is 9.51. The van der Waals surface area contributed by atoms with E-state index in [0.29, 0.717) is 10.9 Å². The van der Waals surface area contributed by atoms with Crippen molar-refractivity contribution in [3.8, 4) is 11.5 Å². The highest BCUT2D eigenvalue weighted by Gasteiger charge is 2.14. The highest BCUT2D eigenvalue weighted by Crippen LogP contribution is 2.30. The van der Waals surface area contributed by atoms with E-state index in [1.807, 2.05) is 6.07 Å². The number of hydrogen-bond acceptors (Lipinski definition) is 3. The first kappa shape index (κ1) is 11.3. The molecule has 0 atom stereocenters. The second-order valence-corrected chi connectivity index (χ2v) is 3.66. The Morgan fingerprint density at radius 1 is 1.47 bits per heavy atom. The van der Waals surface area contributed by atoms with Crippen molar-refractivity contribution in [2.24, 2.45) is 7.05 Å². The SMILES string of the molecule is C=CCOc1c(O)c2ccccc2n(C)c1=O. The summed E-state index contributed by atoms with van der Waals surface area (Å²) in [6.07, 6.45) is 1.52. The smallest absolute Gasteiger partial charge is 0.297 e. The predicted octanol–water partition coefficient (Wildman–Crippen LogP) is 1.81. The monoisotopic (exact) mass is 231 g/mol. The summed E-state index contributed by atoms with van der Waals surface area (Å²) < 4.78 is 6.66. The van der Waals surface area contributed by atoms with Gasteiger partial charge >= 0.3 is 0 Å². The molecule has 1 N–H and O–H groups in total. The average molecular weight is 231 g/mol. The third-order valence-corrected chi connectivity index (χ3v) is 2.58. The molecule has 2 aromatic rings. The van der Waals surface area contributed by atoms with Crippen LogP contribution in [0.2, 0.25) is 0 Å². The second-order valence-electron chi connectivity index (χ2n) is 3.66. The summed E-state index contributed by atoms with van der Waals surface area (Å²) in [6, 6.07) is 7.12. The van der Waals surface area contributed by atoms with Crippen LogP contribution in [0.15, 0.2) is 41.7 Å². The average Bonchev–Trinajstić information content (AvgIpc) is 2.36. The second kappa shape index (κ2) is 4.33. The Bertz CT molecular complexity index is 628. The highest BCUT2D eigenvalue weighted by atomic mass is 16.5. The Kier molecular flexibility index (Phi) is 2.87. The molecule has 0 aliphatic rings. The Labute approximate surface area is 98.4 Å². The molecule has 0 aliphatic heterocycles. The lowest BCUT2D eigenvalue weighted by molar-refractivity contribution is 0.331. The number of aryl methyl sites for hydroxylation is 1. The zero-order chi connectivity index (χ0) is 12.4. The lowest BCUT2D eigenvalue weighted by Crippen LogP contribution is -2.19. The van der Waals surface area contributed by atoms with Gasteiger partial charge in [0.05, 0.1) is 5.52 Å². The number of fused-ring (bicyclic) bond motifs is 1. The van der Waals surface area contributed by atoms with Crippen molar-refractivity contribution in [3.05, 3.63) is 47.3 Å². The van der Waals surface area contributed by atoms with Crippen LogP contribution < -0.4 is 10.3 Å². The molecule has 0 saturated carbocycles. The van der Waals surface area contributed by atoms with Gasteiger partial charge in [-0.1, -0.05) is 24.8 Å². The topological polar surface area (TPSA) is 51.5 Å². The van der Waals surface area contributed by atoms with Gasteiger partial charge in [-0.25, -0.2) is 0 Å². The van der Waals surface area contributed by atoms with Crippen LogP contribution >= 0.6 is 0 Å². The first-order chi connectivity index (χ1) is 8.16. The molecule has 88 valence electrons. The van der Waals surface area contributed by atoms with Crippen LogP contribution in [0.3, 0.4) is 0 Å². The van der Waals surface area contributed by atoms with Gasteiger partial charge < -0.3 is 14.4 Å². The molecule has 1 heterocycles. The maximum absolute atomic E-state index is 12.0. The van der Waals surface area contributed by atoms with Crippen LogP contribution in [0, 0.1) is 0 Å². The Hall–Kier alpha value is -2.23. The van der Waals surface area contributed by atoms with Crippen LogP contribution in [0.1, 0.15) is 0 Å². The van der Waals surface area contributed by atoms with E-state index >= 15 is 0 Å². The fourth-order valence-corrected chi connectivity index (χ4v) is 1.72. The minimum Gasteiger partial charge on any atom is -0.504 e. The minimum absolute atomic E-state index is 0.0360. The normalized spacial score (nSPS) is 10.4. The first-order valence-corrected chi connectivity index (χ1v) is 5.21. The van der Waals surface area contributed by atoms with E-state index in [0.717, 1.165) is 0 Å². The van der Waals surface area contributed by atoms with E-state index in [-0.39, 0.29) is 23.7 Å². The molecule has 1 aromatic heterocycles. The molecule has 0 unspecified atom stereocenters. The number of benzene rings is 1. The summed E-state index contributed by atoms with van der Waals surface area (Å²) in [6.45, 7) is 3.69. The highest BCUT2D eigenvalue weighted by molar-refractivity contribution is 5.87. The molecule has 0 radical (unpaired) electrons. The van der Waals surface area contributed by atoms with Gasteiger partial charge in [0.15, 0.2) is 5.75 Å². The standard InChI is InChI=1S/C13H13NO3/c1-3-8-17-12-11(15)9-6-4-5-7-10(9)14(2)13(12)16/h3-7,15H,1,8H2,2H3. The summed E-state index contributed by atoms with van der Waals surface area (Å²) in [4.78, 5) is 12.0. The van der Waals surface area contributed by atoms with E-state index in [2.05, 4.69) is 6.58 Å². The van der Waals surface area contributed by atoms with Crippen molar-refractivity contribution in [2.45, 2.75) is 0 Å². The summed E-state index contributed by atoms with van der Waals surface area (Å²) in [7, 11) is 1.64. The molecule has 0 saturated heterocycles. The van der Waals surface area contributed by atoms with Crippen molar-refractivity contribution in [1.29, 1.82) is 0 Å². The number of para-hydroxylation sites is 1. The van der Waals surface area contributed by atoms with Crippen LogP contribution in [0.25, 0.3) is 10.9 Å². The third-order valence-electron chi connectivity index (χ3n) is 2.58. The molecule has 17 heavy (non-hydrogen) atoms. The van der Waals surface area contributed by atoms with Crippen molar-refractivity contribution in [1.82, 2.24) is 4.57 Å². The summed E-state index contributed by atoms with van der Waals surface area (Å²) >= 11 is 0. The lowest BCUT2D eigenvalue weighted by Gasteiger charge is -2.11. The Morgan fingerprint density at radius 3 is 2.88 bits per heavy atom. The number of nitrogens with zero attached hydrogens (tertiary/aromatic N) is 1. The van der Waals surface area contributed by atoms with E-state index in [9.17, 15) is 9.90 Å². The number of aromatic hydroxyl groups is 1. The summed E-state index contributed by atoms with van der Waals surface area (Å²) in [5, 5.41) is 10.6. The van der Waals surface area contributed by atoms with Crippen molar-refractivity contribution in [2.75, 3.05) is 6.61 Å². The van der Waals surface area contributed by atoms with Gasteiger partial charge in [0.2, 0.25) is 5.75 Å². The van der Waals surface area contributed by atoms with Crippen molar-refractivity contribution in [3.63, 3.8) is 0 Å². The van der Waals surface area contributed by atoms with E-state index in [1.165, 1.54) is 10.6 Å². The number of rotatable bonds is 3. The maximum Gasteiger partial charge on any atom is 0.297 e. The van der Waals surface area contributed by atoms with Gasteiger partial charge in [0.1, 0.15) is 6.61 Å². The number of pyridine rings is 1. The predicted molar refractivity (Wildman–Crippen MR) is 66.5 cm³/mol. The number of ether oxygens (including phenoxy) is 1. The van der Waals surface area contributed by atoms with Gasteiger partial charge in [-0.05, 0) is 12.1 Å². The first-order valence-electron chi connectivity index (χ1n) is 5.21. The number of aromatic nitrogens is 1. The largest absolute Gasteiger partial charge is 0.504 e. The third kappa shape index (κ3) is 1.78. The Morgan fingerprint density at radius 2 is 2.18 bits per heavy atom. The molecule has 4 nitrogen and oxygen atoms in total. The molecule has 0 aliphatic carbocycles. The van der Waals surface area contributed by atoms with Gasteiger partial charge in [0, 0.05) is 12.4 Å². The van der Waals surface area contributed by atoms with Gasteiger partial charge in [0.25, 0.3) is 5.56 Å². The molecular formula is C13H13NO3. The molecular weight excluding hydrogens is 218 g/mol. The quantitative estimate of drug-likeness (QED) is 0.819. The molecule has 0 bridgehead atoms. The van der Waals surface area contributed by atoms with Crippen LogP contribution in [0.5, 0.6) is 11.5 Å². The van der Waals surface area contributed by atoms with Crippen molar-refractivity contribution >= 4 is 10.9 Å². The van der Waals surface area contributed by atoms with Crippen molar-refractivity contribution < 1.29 is 9.84 Å². The molecule has 0 spiro atoms. The Balaban J connectivity index is 2.77. The number of hydrogen-bond donors (Lipinski definition) is 1. The van der Waals surface area contributed by atoms with E-state index < -0.39 is 0 Å². The van der Waals surface area contributed by atoms with E-state index in [1.54, 1.807) is 25.2 Å². The van der Waals surface area contributed by atoms with E-state index in [4.69, 9.17) is 4.74 Å².